The van der Waals surface area contributed by atoms with E-state index in [1.165, 1.54) is 11.3 Å². The summed E-state index contributed by atoms with van der Waals surface area (Å²) in [6.07, 6.45) is 0. The van der Waals surface area contributed by atoms with Gasteiger partial charge in [0.15, 0.2) is 0 Å². The van der Waals surface area contributed by atoms with Crippen molar-refractivity contribution in [3.8, 4) is 0 Å². The first kappa shape index (κ1) is 14.7. The number of hydrogen-bond acceptors (Lipinski definition) is 6. The molecule has 0 fully saturated rings. The predicted molar refractivity (Wildman–Crippen MR) is 82.7 cm³/mol. The number of hydrogen-bond donors (Lipinski definition) is 1. The van der Waals surface area contributed by atoms with Crippen molar-refractivity contribution in [2.75, 3.05) is 26.0 Å². The molecule has 7 heteroatoms. The lowest BCUT2D eigenvalue weighted by molar-refractivity contribution is -0.383. The van der Waals surface area contributed by atoms with Gasteiger partial charge in [-0.05, 0) is 34.0 Å². The Balaban J connectivity index is 2.34. The highest BCUT2D eigenvalue weighted by molar-refractivity contribution is 7.18. The smallest absolute Gasteiger partial charge is 0.293 e. The molecule has 1 N–H and O–H groups in total. The number of aromatic nitrogens is 1. The van der Waals surface area contributed by atoms with Crippen molar-refractivity contribution in [3.05, 3.63) is 27.3 Å². The molecule has 108 valence electrons. The highest BCUT2D eigenvalue weighted by atomic mass is 32.1. The Hall–Kier alpha value is -1.73. The topological polar surface area (TPSA) is 71.3 Å². The molecule has 2 aromatic rings. The molecule has 6 nitrogen and oxygen atoms in total. The first-order chi connectivity index (χ1) is 9.38. The van der Waals surface area contributed by atoms with Crippen LogP contribution in [0.1, 0.15) is 11.9 Å². The van der Waals surface area contributed by atoms with Crippen molar-refractivity contribution in [2.24, 2.45) is 0 Å². The van der Waals surface area contributed by atoms with Crippen LogP contribution in [0, 0.1) is 17.0 Å². The third kappa shape index (κ3) is 3.05. The van der Waals surface area contributed by atoms with Gasteiger partial charge in [-0.3, -0.25) is 10.1 Å². The third-order valence-electron chi connectivity index (χ3n) is 3.28. The Morgan fingerprint density at radius 2 is 2.20 bits per heavy atom. The zero-order valence-electron chi connectivity index (χ0n) is 12.0. The van der Waals surface area contributed by atoms with E-state index in [0.29, 0.717) is 12.2 Å². The monoisotopic (exact) mass is 294 g/mol. The molecule has 0 bridgehead atoms. The van der Waals surface area contributed by atoms with Gasteiger partial charge in [0.25, 0.3) is 5.69 Å². The SMILES string of the molecule is Cc1nc2cc(NCC(C)N(C)C)c([N+](=O)[O-])cc2s1. The van der Waals surface area contributed by atoms with Gasteiger partial charge in [0.2, 0.25) is 0 Å². The molecule has 0 aliphatic heterocycles. The van der Waals surface area contributed by atoms with E-state index in [0.717, 1.165) is 15.2 Å². The van der Waals surface area contributed by atoms with E-state index in [1.807, 2.05) is 21.0 Å². The summed E-state index contributed by atoms with van der Waals surface area (Å²) >= 11 is 1.47. The van der Waals surface area contributed by atoms with Gasteiger partial charge in [0, 0.05) is 18.7 Å². The average Bonchev–Trinajstić information content (AvgIpc) is 2.73. The molecule has 0 saturated heterocycles. The molecule has 0 aliphatic carbocycles. The lowest BCUT2D eigenvalue weighted by atomic mass is 10.2. The lowest BCUT2D eigenvalue weighted by Crippen LogP contribution is -2.31. The van der Waals surface area contributed by atoms with Gasteiger partial charge in [-0.15, -0.1) is 11.3 Å². The van der Waals surface area contributed by atoms with Crippen molar-refractivity contribution in [1.82, 2.24) is 9.88 Å². The summed E-state index contributed by atoms with van der Waals surface area (Å²) in [7, 11) is 3.96. The largest absolute Gasteiger partial charge is 0.378 e. The van der Waals surface area contributed by atoms with E-state index in [1.54, 1.807) is 12.1 Å². The summed E-state index contributed by atoms with van der Waals surface area (Å²) < 4.78 is 0.848. The molecule has 1 aromatic carbocycles. The molecule has 1 aromatic heterocycles. The second kappa shape index (κ2) is 5.72. The molecule has 1 heterocycles. The van der Waals surface area contributed by atoms with Gasteiger partial charge < -0.3 is 10.2 Å². The summed E-state index contributed by atoms with van der Waals surface area (Å²) in [5.41, 5.74) is 1.44. The van der Waals surface area contributed by atoms with Gasteiger partial charge in [0.1, 0.15) is 5.69 Å². The molecule has 1 atom stereocenters. The maximum Gasteiger partial charge on any atom is 0.293 e. The average molecular weight is 294 g/mol. The van der Waals surface area contributed by atoms with Crippen molar-refractivity contribution in [1.29, 1.82) is 0 Å². The first-order valence-electron chi connectivity index (χ1n) is 6.34. The van der Waals surface area contributed by atoms with Crippen LogP contribution in [0.2, 0.25) is 0 Å². The third-order valence-corrected chi connectivity index (χ3v) is 4.21. The summed E-state index contributed by atoms with van der Waals surface area (Å²) in [5, 5.41) is 15.3. The molecule has 0 aliphatic rings. The molecule has 1 unspecified atom stereocenters. The van der Waals surface area contributed by atoms with Crippen molar-refractivity contribution in [3.63, 3.8) is 0 Å². The minimum absolute atomic E-state index is 0.104. The summed E-state index contributed by atoms with van der Waals surface area (Å²) in [6.45, 7) is 4.60. The number of aryl methyl sites for hydroxylation is 1. The number of nitro benzene ring substituents is 1. The van der Waals surface area contributed by atoms with Crippen LogP contribution in [0.25, 0.3) is 10.2 Å². The Morgan fingerprint density at radius 1 is 1.50 bits per heavy atom. The van der Waals surface area contributed by atoms with E-state index in [9.17, 15) is 10.1 Å². The van der Waals surface area contributed by atoms with Crippen LogP contribution in [0.5, 0.6) is 0 Å². The van der Waals surface area contributed by atoms with Crippen molar-refractivity contribution in [2.45, 2.75) is 19.9 Å². The summed E-state index contributed by atoms with van der Waals surface area (Å²) in [6, 6.07) is 3.64. The second-order valence-corrected chi connectivity index (χ2v) is 6.26. The molecule has 0 saturated carbocycles. The molecule has 0 amide bonds. The number of fused-ring (bicyclic) bond motifs is 1. The number of thiazole rings is 1. The maximum absolute atomic E-state index is 11.2. The minimum atomic E-state index is -0.350. The Morgan fingerprint density at radius 3 is 2.80 bits per heavy atom. The first-order valence-corrected chi connectivity index (χ1v) is 7.16. The van der Waals surface area contributed by atoms with Crippen LogP contribution in [-0.4, -0.2) is 41.5 Å². The van der Waals surface area contributed by atoms with E-state index in [-0.39, 0.29) is 16.7 Å². The maximum atomic E-state index is 11.2. The number of nitrogens with one attached hydrogen (secondary N) is 1. The molecule has 20 heavy (non-hydrogen) atoms. The summed E-state index contributed by atoms with van der Waals surface area (Å²) in [4.78, 5) is 17.3. The highest BCUT2D eigenvalue weighted by Crippen LogP contribution is 2.32. The fourth-order valence-electron chi connectivity index (χ4n) is 1.81. The van der Waals surface area contributed by atoms with Gasteiger partial charge in [0.05, 0.1) is 20.1 Å². The number of anilines is 1. The van der Waals surface area contributed by atoms with Crippen LogP contribution in [0.3, 0.4) is 0 Å². The molecular formula is C13H18N4O2S. The van der Waals surface area contributed by atoms with E-state index in [2.05, 4.69) is 22.1 Å². The Bertz CT molecular complexity index is 639. The molecular weight excluding hydrogens is 276 g/mol. The van der Waals surface area contributed by atoms with Gasteiger partial charge in [-0.2, -0.15) is 0 Å². The second-order valence-electron chi connectivity index (χ2n) is 5.02. The number of rotatable bonds is 5. The van der Waals surface area contributed by atoms with Crippen LogP contribution >= 0.6 is 11.3 Å². The van der Waals surface area contributed by atoms with Crippen LogP contribution in [0.4, 0.5) is 11.4 Å². The van der Waals surface area contributed by atoms with Crippen LogP contribution in [0.15, 0.2) is 12.1 Å². The zero-order valence-corrected chi connectivity index (χ0v) is 12.8. The predicted octanol–water partition coefficient (Wildman–Crippen LogP) is 2.87. The van der Waals surface area contributed by atoms with E-state index >= 15 is 0 Å². The number of nitro groups is 1. The molecule has 0 spiro atoms. The van der Waals surface area contributed by atoms with Gasteiger partial charge >= 0.3 is 0 Å². The highest BCUT2D eigenvalue weighted by Gasteiger charge is 2.17. The number of benzene rings is 1. The van der Waals surface area contributed by atoms with Crippen LogP contribution < -0.4 is 5.32 Å². The molecule has 0 radical (unpaired) electrons. The Kier molecular flexibility index (Phi) is 4.20. The molecule has 2 rings (SSSR count). The quantitative estimate of drug-likeness (QED) is 0.678. The fraction of sp³-hybridized carbons (Fsp3) is 0.462. The number of nitrogens with zero attached hydrogens (tertiary/aromatic N) is 3. The standard InChI is InChI=1S/C13H18N4O2S/c1-8(16(3)4)7-14-10-5-11-13(20-9(2)15-11)6-12(10)17(18)19/h5-6,8,14H,7H2,1-4H3. The van der Waals surface area contributed by atoms with Gasteiger partial charge in [-0.25, -0.2) is 4.98 Å². The summed E-state index contributed by atoms with van der Waals surface area (Å²) in [5.74, 6) is 0. The number of likely N-dealkylation sites (N-methyl/N-ethyl adjacent to an activating group) is 1. The fourth-order valence-corrected chi connectivity index (χ4v) is 2.65. The zero-order chi connectivity index (χ0) is 14.9. The van der Waals surface area contributed by atoms with E-state index < -0.39 is 0 Å². The van der Waals surface area contributed by atoms with Crippen LogP contribution in [-0.2, 0) is 0 Å². The van der Waals surface area contributed by atoms with Gasteiger partial charge in [-0.1, -0.05) is 0 Å². The lowest BCUT2D eigenvalue weighted by Gasteiger charge is -2.20. The minimum Gasteiger partial charge on any atom is -0.378 e. The Labute approximate surface area is 121 Å². The van der Waals surface area contributed by atoms with E-state index in [4.69, 9.17) is 0 Å². The normalized spacial score (nSPS) is 12.8. The van der Waals surface area contributed by atoms with Crippen molar-refractivity contribution < 1.29 is 4.92 Å². The van der Waals surface area contributed by atoms with Crippen molar-refractivity contribution >= 4 is 32.9 Å².